The van der Waals surface area contributed by atoms with Gasteiger partial charge in [0.25, 0.3) is 0 Å². The van der Waals surface area contributed by atoms with E-state index in [2.05, 4.69) is 20.9 Å². The molecule has 0 aliphatic carbocycles. The molecule has 3 rings (SSSR count). The van der Waals surface area contributed by atoms with E-state index in [1.807, 2.05) is 0 Å². The molecule has 1 aliphatic rings. The second-order valence-electron chi connectivity index (χ2n) is 6.69. The number of hydrogen-bond acceptors (Lipinski definition) is 9. The molecule has 1 aliphatic heterocycles. The smallest absolute Gasteiger partial charge is 0.320 e. The van der Waals surface area contributed by atoms with Crippen molar-refractivity contribution in [3.63, 3.8) is 0 Å². The summed E-state index contributed by atoms with van der Waals surface area (Å²) in [5.74, 6) is 2.95. The highest BCUT2D eigenvalue weighted by Crippen LogP contribution is 2.32. The number of ether oxygens (including phenoxy) is 1. The van der Waals surface area contributed by atoms with Gasteiger partial charge in [-0.3, -0.25) is 9.36 Å². The van der Waals surface area contributed by atoms with Crippen LogP contribution in [0.2, 0.25) is 0 Å². The van der Waals surface area contributed by atoms with Gasteiger partial charge in [0.1, 0.15) is 47.7 Å². The van der Waals surface area contributed by atoms with Crippen molar-refractivity contribution in [2.75, 3.05) is 23.0 Å². The zero-order valence-corrected chi connectivity index (χ0v) is 16.3. The predicted molar refractivity (Wildman–Crippen MR) is 107 cm³/mol. The molecule has 0 bridgehead atoms. The summed E-state index contributed by atoms with van der Waals surface area (Å²) in [5, 5.41) is 30.0. The molecule has 7 N–H and O–H groups in total. The molecular weight excluding hydrogens is 400 g/mol. The zero-order chi connectivity index (χ0) is 21.1. The molecule has 0 aromatic carbocycles. The van der Waals surface area contributed by atoms with Gasteiger partial charge in [-0.05, 0) is 0 Å². The largest absolute Gasteiger partial charge is 0.480 e. The van der Waals surface area contributed by atoms with Gasteiger partial charge in [-0.2, -0.15) is 0 Å². The lowest BCUT2D eigenvalue weighted by Gasteiger charge is -2.16. The number of nitrogens with zero attached hydrogens (tertiary/aromatic N) is 4. The summed E-state index contributed by atoms with van der Waals surface area (Å²) >= 11 is 0. The van der Waals surface area contributed by atoms with E-state index in [0.29, 0.717) is 28.4 Å². The summed E-state index contributed by atoms with van der Waals surface area (Å²) in [5.41, 5.74) is 12.1. The van der Waals surface area contributed by atoms with Crippen LogP contribution >= 0.6 is 0 Å². The van der Waals surface area contributed by atoms with Crippen LogP contribution in [0.1, 0.15) is 12.6 Å². The minimum atomic E-state index is -1.22. The van der Waals surface area contributed by atoms with Gasteiger partial charge in [-0.1, -0.05) is 5.92 Å². The van der Waals surface area contributed by atoms with Crippen LogP contribution in [0.3, 0.4) is 0 Å². The van der Waals surface area contributed by atoms with Crippen LogP contribution in [0.4, 0.5) is 5.82 Å². The number of carboxylic acid groups (broad SMARTS) is 1. The number of carboxylic acids is 1. The van der Waals surface area contributed by atoms with E-state index in [9.17, 15) is 15.0 Å². The van der Waals surface area contributed by atoms with E-state index < -0.39 is 47.4 Å². The van der Waals surface area contributed by atoms with Crippen molar-refractivity contribution in [2.24, 2.45) is 5.73 Å². The molecule has 2 aromatic heterocycles. The van der Waals surface area contributed by atoms with E-state index in [1.165, 1.54) is 17.2 Å². The lowest BCUT2D eigenvalue weighted by Crippen LogP contribution is -2.38. The van der Waals surface area contributed by atoms with E-state index >= 15 is 0 Å². The number of terminal acetylenes is 1. The van der Waals surface area contributed by atoms with Crippen LogP contribution in [-0.2, 0) is 20.4 Å². The van der Waals surface area contributed by atoms with Gasteiger partial charge in [0.15, 0.2) is 23.4 Å². The number of aromatic nitrogens is 4. The number of fused-ring (bicyclic) bond motifs is 1. The van der Waals surface area contributed by atoms with E-state index in [0.717, 1.165) is 0 Å². The van der Waals surface area contributed by atoms with Crippen LogP contribution in [0.25, 0.3) is 11.2 Å². The summed E-state index contributed by atoms with van der Waals surface area (Å²) < 4.78 is 7.42. The SMILES string of the molecule is C#CC[S+](CC[C@H](N)C(=O)O)C[C@H]1O[C@@H](n2cnc3c(N)ncnc32)[C@H](O)[C@@H]1O. The molecule has 12 heteroatoms. The van der Waals surface area contributed by atoms with Crippen molar-refractivity contribution in [1.29, 1.82) is 0 Å². The summed E-state index contributed by atoms with van der Waals surface area (Å²) in [7, 11) is -0.426. The average molecular weight is 423 g/mol. The Morgan fingerprint density at radius 2 is 2.14 bits per heavy atom. The monoisotopic (exact) mass is 423 g/mol. The standard InChI is InChI=1S/C17H22N6O5S/c1-2-4-29(5-3-9(18)17(26)27)6-10-12(24)13(25)16(28-10)23-8-22-11-14(19)20-7-21-15(11)23/h1,7-10,12-13,16,24-25H,3-6,18H2,(H2-,19,20,21,26,27)/p+1/t9-,10+,12+,13+,16+,29?/m0/s1. The Labute approximate surface area is 169 Å². The number of aliphatic carboxylic acids is 1. The average Bonchev–Trinajstić information content (AvgIpc) is 3.23. The molecule has 11 nitrogen and oxygen atoms in total. The molecule has 2 aromatic rings. The minimum Gasteiger partial charge on any atom is -0.480 e. The van der Waals surface area contributed by atoms with Crippen LogP contribution in [0.5, 0.6) is 0 Å². The van der Waals surface area contributed by atoms with Crippen molar-refractivity contribution in [3.8, 4) is 12.3 Å². The molecular formula is C17H23N6O5S+. The van der Waals surface area contributed by atoms with Crippen LogP contribution < -0.4 is 11.5 Å². The molecule has 0 amide bonds. The van der Waals surface area contributed by atoms with Gasteiger partial charge in [-0.15, -0.1) is 6.42 Å². The van der Waals surface area contributed by atoms with Crippen molar-refractivity contribution in [2.45, 2.75) is 37.0 Å². The van der Waals surface area contributed by atoms with Gasteiger partial charge in [-0.25, -0.2) is 15.0 Å². The number of anilines is 1. The molecule has 0 radical (unpaired) electrons. The molecule has 1 saturated heterocycles. The summed E-state index contributed by atoms with van der Waals surface area (Å²) in [6.45, 7) is 0. The van der Waals surface area contributed by atoms with Gasteiger partial charge in [0.05, 0.1) is 6.33 Å². The lowest BCUT2D eigenvalue weighted by atomic mass is 10.1. The molecule has 0 saturated carbocycles. The van der Waals surface area contributed by atoms with Crippen molar-refractivity contribution >= 4 is 33.8 Å². The third-order valence-electron chi connectivity index (χ3n) is 4.72. The number of aliphatic hydroxyl groups excluding tert-OH is 2. The number of hydrogen-bond donors (Lipinski definition) is 5. The highest BCUT2D eigenvalue weighted by atomic mass is 32.2. The Kier molecular flexibility index (Phi) is 6.56. The summed E-state index contributed by atoms with van der Waals surface area (Å²) in [6.07, 6.45) is 4.42. The Morgan fingerprint density at radius 1 is 1.38 bits per heavy atom. The molecule has 29 heavy (non-hydrogen) atoms. The van der Waals surface area contributed by atoms with Crippen LogP contribution in [0, 0.1) is 12.3 Å². The summed E-state index contributed by atoms with van der Waals surface area (Å²) in [6, 6.07) is -0.974. The molecule has 0 spiro atoms. The second-order valence-corrected chi connectivity index (χ2v) is 8.95. The maximum absolute atomic E-state index is 10.9. The lowest BCUT2D eigenvalue weighted by molar-refractivity contribution is -0.138. The van der Waals surface area contributed by atoms with E-state index in [4.69, 9.17) is 27.7 Å². The van der Waals surface area contributed by atoms with Crippen molar-refractivity contribution < 1.29 is 24.9 Å². The molecule has 156 valence electrons. The zero-order valence-electron chi connectivity index (χ0n) is 15.5. The van der Waals surface area contributed by atoms with E-state index in [-0.39, 0.29) is 12.2 Å². The molecule has 3 heterocycles. The van der Waals surface area contributed by atoms with Gasteiger partial charge >= 0.3 is 5.97 Å². The molecule has 1 unspecified atom stereocenters. The normalized spacial score (nSPS) is 26.3. The Balaban J connectivity index is 1.73. The number of nitrogens with two attached hydrogens (primary N) is 2. The first kappa shape index (κ1) is 21.3. The Hall–Kier alpha value is -2.43. The quantitative estimate of drug-likeness (QED) is 0.237. The van der Waals surface area contributed by atoms with Gasteiger partial charge < -0.3 is 31.5 Å². The third-order valence-corrected chi connectivity index (χ3v) is 6.91. The second kappa shape index (κ2) is 8.93. The maximum atomic E-state index is 10.9. The fourth-order valence-electron chi connectivity index (χ4n) is 3.13. The van der Waals surface area contributed by atoms with Gasteiger partial charge in [0, 0.05) is 17.3 Å². The number of aliphatic hydroxyl groups is 2. The number of imidazole rings is 1. The summed E-state index contributed by atoms with van der Waals surface area (Å²) in [4.78, 5) is 23.1. The van der Waals surface area contributed by atoms with E-state index in [1.54, 1.807) is 0 Å². The number of rotatable bonds is 8. The van der Waals surface area contributed by atoms with Crippen molar-refractivity contribution in [3.05, 3.63) is 12.7 Å². The van der Waals surface area contributed by atoms with Crippen LogP contribution in [-0.4, -0.2) is 82.4 Å². The predicted octanol–water partition coefficient (Wildman–Crippen LogP) is -1.92. The molecule has 1 fully saturated rings. The number of nitrogen functional groups attached to an aromatic ring is 1. The van der Waals surface area contributed by atoms with Crippen molar-refractivity contribution in [1.82, 2.24) is 19.5 Å². The Bertz CT molecular complexity index is 917. The topological polar surface area (TPSA) is 183 Å². The Morgan fingerprint density at radius 3 is 2.83 bits per heavy atom. The maximum Gasteiger partial charge on any atom is 0.320 e. The highest BCUT2D eigenvalue weighted by Gasteiger charge is 2.47. The third kappa shape index (κ3) is 4.44. The first-order valence-corrected chi connectivity index (χ1v) is 10.6. The minimum absolute atomic E-state index is 0.198. The first-order valence-electron chi connectivity index (χ1n) is 8.84. The first-order chi connectivity index (χ1) is 13.8. The number of carbonyl (C=O) groups is 1. The highest BCUT2D eigenvalue weighted by molar-refractivity contribution is 7.97. The fraction of sp³-hybridized carbons (Fsp3) is 0.529. The molecule has 6 atom stereocenters. The van der Waals surface area contributed by atoms with Crippen LogP contribution in [0.15, 0.2) is 12.7 Å². The fourth-order valence-corrected chi connectivity index (χ4v) is 5.13. The van der Waals surface area contributed by atoms with Gasteiger partial charge in [0.2, 0.25) is 0 Å².